The van der Waals surface area contributed by atoms with Gasteiger partial charge in [0.2, 0.25) is 0 Å². The first kappa shape index (κ1) is 23.3. The summed E-state index contributed by atoms with van der Waals surface area (Å²) in [6.45, 7) is 0.613. The van der Waals surface area contributed by atoms with Crippen molar-refractivity contribution < 1.29 is 28.3 Å². The number of nitrogens with one attached hydrogen (secondary N) is 1. The number of ether oxygens (including phenoxy) is 1. The summed E-state index contributed by atoms with van der Waals surface area (Å²) >= 11 is 0. The monoisotopic (exact) mass is 479 g/mol. The predicted octanol–water partition coefficient (Wildman–Crippen LogP) is 3.98. The first-order valence-electron chi connectivity index (χ1n) is 10.1. The zero-order valence-corrected chi connectivity index (χ0v) is 18.9. The van der Waals surface area contributed by atoms with Crippen LogP contribution in [0.1, 0.15) is 23.7 Å². The van der Waals surface area contributed by atoms with Gasteiger partial charge < -0.3 is 29.3 Å². The molecule has 0 saturated carbocycles. The van der Waals surface area contributed by atoms with Crippen LogP contribution in [0.3, 0.4) is 0 Å². The average Bonchev–Trinajstić information content (AvgIpc) is 3.16. The van der Waals surface area contributed by atoms with Crippen molar-refractivity contribution in [3.63, 3.8) is 0 Å². The number of fused-ring (bicyclic) bond motifs is 1. The summed E-state index contributed by atoms with van der Waals surface area (Å²) in [7, 11) is -4.20. The van der Waals surface area contributed by atoms with Gasteiger partial charge in [-0.05, 0) is 23.3 Å². The van der Waals surface area contributed by atoms with Crippen molar-refractivity contribution in [1.29, 1.82) is 0 Å². The third kappa shape index (κ3) is 5.94. The Morgan fingerprint density at radius 1 is 1.12 bits per heavy atom. The second-order valence-electron chi connectivity index (χ2n) is 7.43. The summed E-state index contributed by atoms with van der Waals surface area (Å²) in [6.07, 6.45) is -0.913. The maximum Gasteiger partial charge on any atom is 0.177 e. The number of hydrogen-bond acceptors (Lipinski definition) is 8. The molecule has 2 heterocycles. The molecule has 11 heteroatoms. The van der Waals surface area contributed by atoms with E-state index in [9.17, 15) is 9.28 Å². The maximum absolute atomic E-state index is 14.7. The van der Waals surface area contributed by atoms with Gasteiger partial charge in [-0.15, -0.1) is 0 Å². The smallest absolute Gasteiger partial charge is 0.177 e. The van der Waals surface area contributed by atoms with Gasteiger partial charge in [0.25, 0.3) is 0 Å². The topological polar surface area (TPSA) is 117 Å². The highest BCUT2D eigenvalue weighted by Gasteiger charge is 2.37. The zero-order valence-electron chi connectivity index (χ0n) is 17.1. The van der Waals surface area contributed by atoms with Gasteiger partial charge in [-0.3, -0.25) is 0 Å². The van der Waals surface area contributed by atoms with Crippen LogP contribution in [0.15, 0.2) is 54.9 Å². The zero-order chi connectivity index (χ0) is 22.5. The molecule has 0 aliphatic carbocycles. The first-order valence-corrected chi connectivity index (χ1v) is 12.9. The van der Waals surface area contributed by atoms with Crippen LogP contribution in [0, 0.1) is 0 Å². The maximum atomic E-state index is 14.7. The number of halogens is 1. The van der Waals surface area contributed by atoms with E-state index in [1.165, 1.54) is 6.33 Å². The van der Waals surface area contributed by atoms with Crippen molar-refractivity contribution in [1.82, 2.24) is 9.97 Å². The van der Waals surface area contributed by atoms with Crippen LogP contribution in [0.4, 0.5) is 10.2 Å². The molecule has 1 aromatic heterocycles. The minimum absolute atomic E-state index is 0.00833. The van der Waals surface area contributed by atoms with Crippen molar-refractivity contribution in [2.45, 2.75) is 31.3 Å². The van der Waals surface area contributed by atoms with E-state index in [1.807, 2.05) is 42.5 Å². The first-order chi connectivity index (χ1) is 15.5. The Balaban J connectivity index is 1.42. The van der Waals surface area contributed by atoms with Crippen molar-refractivity contribution >= 4 is 33.5 Å². The van der Waals surface area contributed by atoms with Crippen LogP contribution < -0.4 is 5.32 Å². The molecule has 0 spiro atoms. The molecular formula is C21H24FN3O5P2. The van der Waals surface area contributed by atoms with Crippen molar-refractivity contribution in [3.05, 3.63) is 66.0 Å². The van der Waals surface area contributed by atoms with Gasteiger partial charge >= 0.3 is 0 Å². The van der Waals surface area contributed by atoms with Gasteiger partial charge in [-0.1, -0.05) is 36.4 Å². The Hall–Kier alpha value is -1.83. The normalized spacial score (nSPS) is 21.8. The van der Waals surface area contributed by atoms with E-state index in [0.717, 1.165) is 10.9 Å². The van der Waals surface area contributed by atoms with Crippen LogP contribution in [0.25, 0.3) is 10.9 Å². The van der Waals surface area contributed by atoms with Gasteiger partial charge in [0.05, 0.1) is 24.1 Å². The SMILES string of the molecule is OP(O)CP(O)OCC1CC(F)[C@H](c2ccc3c(NCc4ccccc4)ncnc3c2)O1. The van der Waals surface area contributed by atoms with E-state index in [4.69, 9.17) is 19.0 Å². The molecule has 0 amide bonds. The van der Waals surface area contributed by atoms with Crippen molar-refractivity contribution in [2.75, 3.05) is 17.8 Å². The second-order valence-corrected chi connectivity index (χ2v) is 10.3. The summed E-state index contributed by atoms with van der Waals surface area (Å²) in [5, 5.41) is 4.15. The number of nitrogens with zero attached hydrogens (tertiary/aromatic N) is 2. The third-order valence-electron chi connectivity index (χ3n) is 5.10. The average molecular weight is 479 g/mol. The van der Waals surface area contributed by atoms with Crippen LogP contribution in [0.5, 0.6) is 0 Å². The summed E-state index contributed by atoms with van der Waals surface area (Å²) in [5.41, 5.74) is 2.48. The number of anilines is 1. The van der Waals surface area contributed by atoms with Crippen LogP contribution >= 0.6 is 16.8 Å². The molecule has 1 aliphatic rings. The molecule has 4 atom stereocenters. The fraction of sp³-hybridized carbons (Fsp3) is 0.333. The Morgan fingerprint density at radius 2 is 1.94 bits per heavy atom. The largest absolute Gasteiger partial charge is 0.365 e. The number of aromatic nitrogens is 2. The molecule has 1 fully saturated rings. The highest BCUT2D eigenvalue weighted by atomic mass is 31.2. The summed E-state index contributed by atoms with van der Waals surface area (Å²) in [5.74, 6) is 0.482. The lowest BCUT2D eigenvalue weighted by molar-refractivity contribution is 0.00646. The van der Waals surface area contributed by atoms with E-state index in [1.54, 1.807) is 6.07 Å². The lowest BCUT2D eigenvalue weighted by Gasteiger charge is -2.17. The summed E-state index contributed by atoms with van der Waals surface area (Å²) in [6, 6.07) is 15.4. The minimum Gasteiger partial charge on any atom is -0.365 e. The molecule has 4 rings (SSSR count). The quantitative estimate of drug-likeness (QED) is 0.341. The number of alkyl halides is 1. The predicted molar refractivity (Wildman–Crippen MR) is 122 cm³/mol. The van der Waals surface area contributed by atoms with E-state index in [-0.39, 0.29) is 18.9 Å². The van der Waals surface area contributed by atoms with Gasteiger partial charge in [0.1, 0.15) is 24.4 Å². The van der Waals surface area contributed by atoms with E-state index < -0.39 is 35.1 Å². The van der Waals surface area contributed by atoms with Gasteiger partial charge in [0, 0.05) is 18.4 Å². The Bertz CT molecular complexity index is 1030. The minimum atomic E-state index is -2.23. The Morgan fingerprint density at radius 3 is 2.72 bits per heavy atom. The molecule has 2 aromatic carbocycles. The number of hydrogen-bond donors (Lipinski definition) is 4. The number of benzene rings is 2. The molecule has 32 heavy (non-hydrogen) atoms. The van der Waals surface area contributed by atoms with E-state index >= 15 is 0 Å². The lowest BCUT2D eigenvalue weighted by Crippen LogP contribution is -2.13. The highest BCUT2D eigenvalue weighted by Crippen LogP contribution is 2.45. The lowest BCUT2D eigenvalue weighted by atomic mass is 10.0. The van der Waals surface area contributed by atoms with Gasteiger partial charge in [0.15, 0.2) is 16.8 Å². The van der Waals surface area contributed by atoms with Crippen LogP contribution in [0.2, 0.25) is 0 Å². The molecule has 170 valence electrons. The Labute approximate surface area is 187 Å². The fourth-order valence-electron chi connectivity index (χ4n) is 3.61. The third-order valence-corrected chi connectivity index (χ3v) is 7.53. The molecule has 4 N–H and O–H groups in total. The molecule has 3 unspecified atom stereocenters. The van der Waals surface area contributed by atoms with Crippen molar-refractivity contribution in [2.24, 2.45) is 0 Å². The number of rotatable bonds is 9. The Kier molecular flexibility index (Phi) is 7.92. The standard InChI is InChI=1S/C21H24FN3O5P2/c22-18-9-16(11-29-32(28)13-31(26)27)30-20(18)15-6-7-17-19(8-15)24-12-25-21(17)23-10-14-4-2-1-3-5-14/h1-8,12,16,18,20,26-28H,9-11,13H2,(H,23,24,25)/t16?,18?,20-,32?/m0/s1. The molecule has 8 nitrogen and oxygen atoms in total. The van der Waals surface area contributed by atoms with E-state index in [0.29, 0.717) is 23.4 Å². The highest BCUT2D eigenvalue weighted by molar-refractivity contribution is 7.63. The molecule has 0 radical (unpaired) electrons. The van der Waals surface area contributed by atoms with Crippen LogP contribution in [-0.2, 0) is 15.8 Å². The van der Waals surface area contributed by atoms with Gasteiger partial charge in [-0.2, -0.15) is 0 Å². The second kappa shape index (κ2) is 10.9. The fourth-order valence-corrected chi connectivity index (χ4v) is 5.14. The summed E-state index contributed by atoms with van der Waals surface area (Å²) < 4.78 is 25.7. The molecular weight excluding hydrogens is 455 g/mol. The molecule has 0 bridgehead atoms. The summed E-state index contributed by atoms with van der Waals surface area (Å²) in [4.78, 5) is 36.2. The molecule has 3 aromatic rings. The van der Waals surface area contributed by atoms with E-state index in [2.05, 4.69) is 15.3 Å². The molecule has 1 aliphatic heterocycles. The van der Waals surface area contributed by atoms with Crippen LogP contribution in [-0.4, -0.2) is 49.4 Å². The van der Waals surface area contributed by atoms with Gasteiger partial charge in [-0.25, -0.2) is 14.4 Å². The molecule has 1 saturated heterocycles. The van der Waals surface area contributed by atoms with Crippen molar-refractivity contribution in [3.8, 4) is 0 Å².